The minimum atomic E-state index is -0.813. The van der Waals surface area contributed by atoms with Gasteiger partial charge in [0.05, 0.1) is 5.37 Å². The van der Waals surface area contributed by atoms with E-state index in [4.69, 9.17) is 5.11 Å². The summed E-state index contributed by atoms with van der Waals surface area (Å²) < 4.78 is 0. The minimum absolute atomic E-state index is 0.00546. The minimum Gasteiger partial charge on any atom is -0.507 e. The molecule has 0 saturated carbocycles. The number of thioether (sulfide) groups is 1. The Labute approximate surface area is 104 Å². The summed E-state index contributed by atoms with van der Waals surface area (Å²) >= 11 is 1.58. The second-order valence-corrected chi connectivity index (χ2v) is 5.41. The van der Waals surface area contributed by atoms with Crippen LogP contribution in [0.3, 0.4) is 0 Å². The van der Waals surface area contributed by atoms with Crippen molar-refractivity contribution >= 4 is 17.7 Å². The molecule has 0 aromatic heterocycles. The quantitative estimate of drug-likeness (QED) is 0.749. The number of nitrogens with one attached hydrogen (secondary N) is 1. The molecule has 17 heavy (non-hydrogen) atoms. The predicted octanol–water partition coefficient (Wildman–Crippen LogP) is 1.80. The summed E-state index contributed by atoms with van der Waals surface area (Å²) in [6.07, 6.45) is 0. The summed E-state index contributed by atoms with van der Waals surface area (Å²) in [4.78, 5) is 10.9. The molecule has 0 bridgehead atoms. The van der Waals surface area contributed by atoms with Gasteiger partial charge >= 0.3 is 5.97 Å². The van der Waals surface area contributed by atoms with Gasteiger partial charge in [-0.3, -0.25) is 10.1 Å². The summed E-state index contributed by atoms with van der Waals surface area (Å²) in [7, 11) is 0. The van der Waals surface area contributed by atoms with Crippen molar-refractivity contribution in [2.75, 3.05) is 5.75 Å². The second kappa shape index (κ2) is 4.58. The molecule has 0 spiro atoms. The fourth-order valence-corrected chi connectivity index (χ4v) is 3.16. The number of aromatic hydroxyl groups is 1. The third-order valence-electron chi connectivity index (χ3n) is 2.90. The van der Waals surface area contributed by atoms with Crippen molar-refractivity contribution in [2.24, 2.45) is 0 Å². The van der Waals surface area contributed by atoms with Crippen molar-refractivity contribution in [3.63, 3.8) is 0 Å². The highest BCUT2D eigenvalue weighted by atomic mass is 32.2. The van der Waals surface area contributed by atoms with E-state index in [1.807, 2.05) is 26.0 Å². The van der Waals surface area contributed by atoms with Crippen molar-refractivity contribution in [3.05, 3.63) is 28.8 Å². The summed E-state index contributed by atoms with van der Waals surface area (Å²) in [6.45, 7) is 3.69. The summed E-state index contributed by atoms with van der Waals surface area (Å²) in [5.74, 6) is 0.0673. The van der Waals surface area contributed by atoms with E-state index >= 15 is 0 Å². The number of carboxylic acids is 1. The zero-order valence-electron chi connectivity index (χ0n) is 9.73. The lowest BCUT2D eigenvalue weighted by Gasteiger charge is -2.14. The van der Waals surface area contributed by atoms with E-state index < -0.39 is 12.0 Å². The molecule has 1 saturated heterocycles. The maximum Gasteiger partial charge on any atom is 0.321 e. The van der Waals surface area contributed by atoms with Crippen molar-refractivity contribution in [1.82, 2.24) is 5.32 Å². The van der Waals surface area contributed by atoms with E-state index in [1.54, 1.807) is 11.8 Å². The normalized spacial score (nSPS) is 23.9. The first-order valence-electron chi connectivity index (χ1n) is 5.39. The Kier molecular flexibility index (Phi) is 3.31. The first-order chi connectivity index (χ1) is 7.99. The molecule has 1 fully saturated rings. The average Bonchev–Trinajstić information content (AvgIpc) is 2.74. The number of carboxylic acid groups (broad SMARTS) is 1. The van der Waals surface area contributed by atoms with E-state index in [0.717, 1.165) is 16.7 Å². The number of carbonyl (C=O) groups is 1. The Bertz CT molecular complexity index is 438. The van der Waals surface area contributed by atoms with Gasteiger partial charge in [-0.1, -0.05) is 0 Å². The molecule has 1 aliphatic heterocycles. The van der Waals surface area contributed by atoms with E-state index in [-0.39, 0.29) is 5.37 Å². The van der Waals surface area contributed by atoms with Gasteiger partial charge in [0, 0.05) is 5.75 Å². The molecular weight excluding hydrogens is 238 g/mol. The van der Waals surface area contributed by atoms with Crippen LogP contribution in [0.2, 0.25) is 0 Å². The van der Waals surface area contributed by atoms with Gasteiger partial charge in [-0.25, -0.2) is 0 Å². The zero-order chi connectivity index (χ0) is 12.6. The van der Waals surface area contributed by atoms with Crippen LogP contribution in [0.4, 0.5) is 0 Å². The number of hydrogen-bond acceptors (Lipinski definition) is 4. The number of rotatable bonds is 2. The number of phenols is 1. The van der Waals surface area contributed by atoms with Gasteiger partial charge in [0.15, 0.2) is 0 Å². The van der Waals surface area contributed by atoms with Crippen LogP contribution in [-0.4, -0.2) is 28.0 Å². The third-order valence-corrected chi connectivity index (χ3v) is 4.16. The van der Waals surface area contributed by atoms with Crippen LogP contribution < -0.4 is 5.32 Å². The van der Waals surface area contributed by atoms with E-state index in [0.29, 0.717) is 11.5 Å². The number of phenolic OH excluding ortho intramolecular Hbond substituents is 1. The highest BCUT2D eigenvalue weighted by Crippen LogP contribution is 2.35. The number of benzene rings is 1. The van der Waals surface area contributed by atoms with Crippen molar-refractivity contribution in [2.45, 2.75) is 25.3 Å². The molecule has 0 radical (unpaired) electrons. The molecule has 1 aliphatic rings. The van der Waals surface area contributed by atoms with Crippen molar-refractivity contribution < 1.29 is 15.0 Å². The maximum absolute atomic E-state index is 10.9. The summed E-state index contributed by atoms with van der Waals surface area (Å²) in [6, 6.07) is 3.31. The molecule has 1 aromatic rings. The summed E-state index contributed by atoms with van der Waals surface area (Å²) in [5.41, 5.74) is 2.66. The Morgan fingerprint density at radius 1 is 1.41 bits per heavy atom. The Hall–Kier alpha value is -1.20. The van der Waals surface area contributed by atoms with E-state index in [2.05, 4.69) is 5.32 Å². The largest absolute Gasteiger partial charge is 0.507 e. The maximum atomic E-state index is 10.9. The molecule has 0 aliphatic carbocycles. The van der Waals surface area contributed by atoms with Crippen molar-refractivity contribution in [3.8, 4) is 5.75 Å². The lowest BCUT2D eigenvalue weighted by Crippen LogP contribution is -2.33. The Balaban J connectivity index is 2.22. The number of aryl methyl sites for hydroxylation is 2. The van der Waals surface area contributed by atoms with Crippen LogP contribution in [0, 0.1) is 13.8 Å². The SMILES string of the molecule is Cc1cc(C2N[C@H](C(=O)O)CS2)cc(C)c1O. The molecule has 1 aromatic carbocycles. The second-order valence-electron chi connectivity index (χ2n) is 4.27. The fourth-order valence-electron chi connectivity index (χ4n) is 1.95. The van der Waals surface area contributed by atoms with Gasteiger partial charge in [-0.15, -0.1) is 11.8 Å². The van der Waals surface area contributed by atoms with Crippen LogP contribution in [0.25, 0.3) is 0 Å². The van der Waals surface area contributed by atoms with Crippen LogP contribution in [0.15, 0.2) is 12.1 Å². The molecule has 0 amide bonds. The van der Waals surface area contributed by atoms with Gasteiger partial charge in [-0.2, -0.15) is 0 Å². The molecule has 1 heterocycles. The number of hydrogen-bond donors (Lipinski definition) is 3. The standard InChI is InChI=1S/C12H15NO3S/c1-6-3-8(4-7(2)10(6)14)11-13-9(5-17-11)12(15)16/h3-4,9,11,13-14H,5H2,1-2H3,(H,15,16)/t9-,11?/m0/s1. The topological polar surface area (TPSA) is 69.6 Å². The van der Waals surface area contributed by atoms with Crippen LogP contribution in [0.5, 0.6) is 5.75 Å². The van der Waals surface area contributed by atoms with Gasteiger partial charge in [0.25, 0.3) is 0 Å². The molecule has 4 nitrogen and oxygen atoms in total. The molecule has 5 heteroatoms. The lowest BCUT2D eigenvalue weighted by atomic mass is 10.1. The van der Waals surface area contributed by atoms with Crippen LogP contribution >= 0.6 is 11.8 Å². The molecule has 3 N–H and O–H groups in total. The fraction of sp³-hybridized carbons (Fsp3) is 0.417. The summed E-state index contributed by atoms with van der Waals surface area (Å²) in [5, 5.41) is 21.7. The smallest absolute Gasteiger partial charge is 0.321 e. The molecule has 2 atom stereocenters. The van der Waals surface area contributed by atoms with Gasteiger partial charge in [0.2, 0.25) is 0 Å². The lowest BCUT2D eigenvalue weighted by molar-refractivity contribution is -0.138. The van der Waals surface area contributed by atoms with E-state index in [1.165, 1.54) is 0 Å². The van der Waals surface area contributed by atoms with Crippen molar-refractivity contribution in [1.29, 1.82) is 0 Å². The molecule has 92 valence electrons. The number of aliphatic carboxylic acids is 1. The molecular formula is C12H15NO3S. The molecule has 1 unspecified atom stereocenters. The first-order valence-corrected chi connectivity index (χ1v) is 6.44. The average molecular weight is 253 g/mol. The van der Waals surface area contributed by atoms with Gasteiger partial charge in [-0.05, 0) is 42.7 Å². The highest BCUT2D eigenvalue weighted by molar-refractivity contribution is 7.99. The molecule has 2 rings (SSSR count). The van der Waals surface area contributed by atoms with Gasteiger partial charge in [0.1, 0.15) is 11.8 Å². The Morgan fingerprint density at radius 2 is 2.00 bits per heavy atom. The zero-order valence-corrected chi connectivity index (χ0v) is 10.5. The van der Waals surface area contributed by atoms with Gasteiger partial charge < -0.3 is 10.2 Å². The monoisotopic (exact) mass is 253 g/mol. The predicted molar refractivity (Wildman–Crippen MR) is 67.3 cm³/mol. The highest BCUT2D eigenvalue weighted by Gasteiger charge is 2.30. The van der Waals surface area contributed by atoms with E-state index in [9.17, 15) is 9.90 Å². The third kappa shape index (κ3) is 2.40. The van der Waals surface area contributed by atoms with Crippen LogP contribution in [-0.2, 0) is 4.79 Å². The first kappa shape index (κ1) is 12.3. The van der Waals surface area contributed by atoms with Crippen LogP contribution in [0.1, 0.15) is 22.1 Å². The Morgan fingerprint density at radius 3 is 2.47 bits per heavy atom.